The molecule has 7 aromatic carbocycles. The van der Waals surface area contributed by atoms with Crippen LogP contribution >= 0.6 is 11.3 Å². The molecule has 0 saturated heterocycles. The van der Waals surface area contributed by atoms with E-state index in [0.717, 1.165) is 0 Å². The van der Waals surface area contributed by atoms with Crippen LogP contribution in [0.15, 0.2) is 115 Å². The lowest BCUT2D eigenvalue weighted by atomic mass is 9.43. The highest BCUT2D eigenvalue weighted by Gasteiger charge is 2.46. The molecule has 0 N–H and O–H groups in total. The number of anilines is 2. The first-order valence-electron chi connectivity index (χ1n) is 24.1. The van der Waals surface area contributed by atoms with Crippen LogP contribution in [0.5, 0.6) is 0 Å². The molecule has 0 bridgehead atoms. The van der Waals surface area contributed by atoms with Gasteiger partial charge in [-0.15, -0.1) is 11.3 Å². The van der Waals surface area contributed by atoms with Gasteiger partial charge in [-0.25, -0.2) is 0 Å². The van der Waals surface area contributed by atoms with Gasteiger partial charge in [-0.05, 0) is 150 Å². The van der Waals surface area contributed by atoms with E-state index in [-0.39, 0.29) is 33.9 Å². The predicted molar refractivity (Wildman–Crippen MR) is 283 cm³/mol. The standard InChI is InChI=1S/C61H59BN2S/c1-57(2,3)34-17-20-36(21-18-34)64-52-30-44-43-29-47-48(60(9,10)26-25-59(47,7)8)33-54(43)65-53(44)31-42(52)38-22-23-39-41-28-40-37-15-13-14-16-45(37)61(11,12)46(40)32-51(41)63-50-24-19-35(58(4,5)6)27-49(50)62(64)55(38)56(39)63/h13-24,27-33H,25-26H2,1-12H3. The molecule has 9 aromatic rings. The van der Waals surface area contributed by atoms with E-state index < -0.39 is 0 Å². The van der Waals surface area contributed by atoms with E-state index in [1.807, 2.05) is 11.3 Å². The Kier molecular flexibility index (Phi) is 7.61. The molecular weight excluding hydrogens is 804 g/mol. The summed E-state index contributed by atoms with van der Waals surface area (Å²) < 4.78 is 5.44. The van der Waals surface area contributed by atoms with E-state index in [1.165, 1.54) is 138 Å². The normalized spacial score (nSPS) is 17.4. The molecule has 2 aliphatic carbocycles. The molecule has 0 spiro atoms. The zero-order chi connectivity index (χ0) is 45.1. The van der Waals surface area contributed by atoms with Gasteiger partial charge < -0.3 is 9.38 Å². The maximum absolute atomic E-state index is 2.74. The summed E-state index contributed by atoms with van der Waals surface area (Å²) in [5.74, 6) is 0. The number of benzene rings is 7. The highest BCUT2D eigenvalue weighted by Crippen LogP contribution is 2.54. The first kappa shape index (κ1) is 39.8. The van der Waals surface area contributed by atoms with Crippen molar-refractivity contribution in [2.24, 2.45) is 0 Å². The Hall–Kier alpha value is -5.58. The van der Waals surface area contributed by atoms with Gasteiger partial charge in [0, 0.05) is 59.0 Å². The zero-order valence-corrected chi connectivity index (χ0v) is 41.1. The van der Waals surface area contributed by atoms with E-state index in [9.17, 15) is 0 Å². The number of nitrogens with zero attached hydrogens (tertiary/aromatic N) is 2. The number of thiophene rings is 1. The summed E-state index contributed by atoms with van der Waals surface area (Å²) in [6.07, 6.45) is 2.43. The highest BCUT2D eigenvalue weighted by atomic mass is 32.1. The molecule has 13 rings (SSSR count). The van der Waals surface area contributed by atoms with Crippen LogP contribution in [0.25, 0.3) is 69.9 Å². The Labute approximate surface area is 389 Å². The van der Waals surface area contributed by atoms with Crippen molar-refractivity contribution in [1.29, 1.82) is 0 Å². The van der Waals surface area contributed by atoms with Gasteiger partial charge in [0.05, 0.1) is 11.0 Å². The van der Waals surface area contributed by atoms with Crippen LogP contribution in [0.3, 0.4) is 0 Å². The van der Waals surface area contributed by atoms with Gasteiger partial charge in [0.15, 0.2) is 0 Å². The summed E-state index contributed by atoms with van der Waals surface area (Å²) in [4.78, 5) is 2.74. The summed E-state index contributed by atoms with van der Waals surface area (Å²) >= 11 is 1.99. The maximum Gasteiger partial charge on any atom is 0.333 e. The van der Waals surface area contributed by atoms with Gasteiger partial charge in [-0.3, -0.25) is 0 Å². The highest BCUT2D eigenvalue weighted by molar-refractivity contribution is 7.25. The van der Waals surface area contributed by atoms with Crippen LogP contribution < -0.4 is 15.7 Å². The molecule has 4 heterocycles. The topological polar surface area (TPSA) is 8.17 Å². The summed E-state index contributed by atoms with van der Waals surface area (Å²) in [5.41, 5.74) is 23.6. The fourth-order valence-corrected chi connectivity index (χ4v) is 13.9. The van der Waals surface area contributed by atoms with E-state index in [1.54, 1.807) is 0 Å². The summed E-state index contributed by atoms with van der Waals surface area (Å²) in [7, 11) is 0. The van der Waals surface area contributed by atoms with Gasteiger partial charge in [0.2, 0.25) is 0 Å². The minimum absolute atomic E-state index is 0.0193. The quantitative estimate of drug-likeness (QED) is 0.149. The number of hydrogen-bond donors (Lipinski definition) is 0. The van der Waals surface area contributed by atoms with Crippen molar-refractivity contribution >= 4 is 82.5 Å². The third-order valence-electron chi connectivity index (χ3n) is 16.8. The van der Waals surface area contributed by atoms with Crippen molar-refractivity contribution in [3.8, 4) is 27.9 Å². The van der Waals surface area contributed by atoms with Crippen LogP contribution in [0, 0.1) is 0 Å². The SMILES string of the molecule is CC(C)(C)c1ccc(N2B3c4cc(C(C)(C)C)ccc4-n4c5cc6c(cc5c5ccc(c3c54)-c3cc4sc5cc7c(cc5c4cc32)C(C)(C)CCC7(C)C)-c2ccccc2C6(C)C)cc1. The van der Waals surface area contributed by atoms with Crippen molar-refractivity contribution in [2.75, 3.05) is 4.81 Å². The molecule has 2 aromatic heterocycles. The molecule has 0 saturated carbocycles. The largest absolute Gasteiger partial charge is 0.376 e. The average Bonchev–Trinajstić information content (AvgIpc) is 3.86. The molecule has 4 aliphatic rings. The minimum Gasteiger partial charge on any atom is -0.376 e. The fraction of sp³-hybridized carbons (Fsp3) is 0.311. The van der Waals surface area contributed by atoms with E-state index in [4.69, 9.17) is 0 Å². The van der Waals surface area contributed by atoms with Crippen LogP contribution in [0.2, 0.25) is 0 Å². The van der Waals surface area contributed by atoms with Crippen LogP contribution in [0.4, 0.5) is 11.4 Å². The second-order valence-corrected chi connectivity index (χ2v) is 25.1. The smallest absolute Gasteiger partial charge is 0.333 e. The monoisotopic (exact) mass is 862 g/mol. The van der Waals surface area contributed by atoms with E-state index in [0.29, 0.717) is 0 Å². The van der Waals surface area contributed by atoms with Crippen molar-refractivity contribution in [2.45, 2.75) is 123 Å². The van der Waals surface area contributed by atoms with Gasteiger partial charge >= 0.3 is 6.85 Å². The Morgan fingerprint density at radius 2 is 1.17 bits per heavy atom. The molecule has 322 valence electrons. The van der Waals surface area contributed by atoms with Gasteiger partial charge in [0.25, 0.3) is 0 Å². The molecule has 0 radical (unpaired) electrons. The molecule has 0 atom stereocenters. The van der Waals surface area contributed by atoms with Gasteiger partial charge in [-0.1, -0.05) is 144 Å². The number of aromatic nitrogens is 1. The van der Waals surface area contributed by atoms with Crippen LogP contribution in [-0.4, -0.2) is 11.4 Å². The van der Waals surface area contributed by atoms with Crippen LogP contribution in [-0.2, 0) is 27.1 Å². The molecular formula is C61H59BN2S. The zero-order valence-electron chi connectivity index (χ0n) is 40.3. The van der Waals surface area contributed by atoms with Gasteiger partial charge in [0.1, 0.15) is 0 Å². The second-order valence-electron chi connectivity index (χ2n) is 24.1. The van der Waals surface area contributed by atoms with Crippen molar-refractivity contribution in [3.63, 3.8) is 0 Å². The molecule has 2 aliphatic heterocycles. The summed E-state index contributed by atoms with van der Waals surface area (Å²) in [6, 6.07) is 46.5. The molecule has 0 unspecified atom stereocenters. The molecule has 4 heteroatoms. The number of hydrogen-bond acceptors (Lipinski definition) is 2. The first-order valence-corrected chi connectivity index (χ1v) is 24.9. The minimum atomic E-state index is -0.0955. The second kappa shape index (κ2) is 12.4. The third kappa shape index (κ3) is 5.24. The van der Waals surface area contributed by atoms with Crippen molar-refractivity contribution < 1.29 is 0 Å². The van der Waals surface area contributed by atoms with Crippen LogP contribution in [0.1, 0.15) is 129 Å². The maximum atomic E-state index is 2.74. The Bertz CT molecular complexity index is 3600. The van der Waals surface area contributed by atoms with Crippen molar-refractivity contribution in [3.05, 3.63) is 149 Å². The lowest BCUT2D eigenvalue weighted by Crippen LogP contribution is -2.60. The van der Waals surface area contributed by atoms with E-state index in [2.05, 4.69) is 208 Å². The lowest BCUT2D eigenvalue weighted by molar-refractivity contribution is 0.332. The molecule has 0 fully saturated rings. The lowest BCUT2D eigenvalue weighted by Gasteiger charge is -2.42. The number of fused-ring (bicyclic) bond motifs is 15. The van der Waals surface area contributed by atoms with Crippen molar-refractivity contribution in [1.82, 2.24) is 4.57 Å². The Morgan fingerprint density at radius 3 is 1.89 bits per heavy atom. The molecule has 0 amide bonds. The Balaban J connectivity index is 1.16. The van der Waals surface area contributed by atoms with E-state index >= 15 is 0 Å². The van der Waals surface area contributed by atoms with Gasteiger partial charge in [-0.2, -0.15) is 0 Å². The Morgan fingerprint density at radius 1 is 0.508 bits per heavy atom. The summed E-state index contributed by atoms with van der Waals surface area (Å²) in [6.45, 7) is 28.7. The molecule has 2 nitrogen and oxygen atoms in total. The third-order valence-corrected chi connectivity index (χ3v) is 17.9. The molecule has 65 heavy (non-hydrogen) atoms. The predicted octanol–water partition coefficient (Wildman–Crippen LogP) is 15.6. The number of rotatable bonds is 1. The fourth-order valence-electron chi connectivity index (χ4n) is 12.8. The first-order chi connectivity index (χ1) is 30.7. The summed E-state index contributed by atoms with van der Waals surface area (Å²) in [5, 5.41) is 5.45. The average molecular weight is 863 g/mol.